The zero-order valence-electron chi connectivity index (χ0n) is 12.1. The number of aromatic hydroxyl groups is 1. The smallest absolute Gasteiger partial charge is 0.117 e. The van der Waals surface area contributed by atoms with E-state index in [9.17, 15) is 5.11 Å². The van der Waals surface area contributed by atoms with Crippen molar-refractivity contribution < 1.29 is 5.11 Å². The van der Waals surface area contributed by atoms with Gasteiger partial charge in [0.05, 0.1) is 20.9 Å². The molecule has 1 N–H and O–H groups in total. The van der Waals surface area contributed by atoms with Crippen molar-refractivity contribution in [3.8, 4) is 23.1 Å². The predicted molar refractivity (Wildman–Crippen MR) is 91.5 cm³/mol. The minimum absolute atomic E-state index is 0.161. The van der Waals surface area contributed by atoms with Crippen LogP contribution in [0, 0.1) is 11.3 Å². The summed E-state index contributed by atoms with van der Waals surface area (Å²) >= 11 is 7.80. The fraction of sp³-hybridized carbons (Fsp3) is 0.235. The van der Waals surface area contributed by atoms with Crippen LogP contribution in [0.5, 0.6) is 5.75 Å². The summed E-state index contributed by atoms with van der Waals surface area (Å²) in [5, 5.41) is 19.2. The highest BCUT2D eigenvalue weighted by Gasteiger charge is 2.15. The van der Waals surface area contributed by atoms with Gasteiger partial charge in [-0.05, 0) is 36.8 Å². The van der Waals surface area contributed by atoms with Crippen LogP contribution in [0.1, 0.15) is 24.6 Å². The third-order valence-electron chi connectivity index (χ3n) is 3.66. The highest BCUT2D eigenvalue weighted by Crippen LogP contribution is 2.37. The molecule has 0 aliphatic heterocycles. The van der Waals surface area contributed by atoms with Crippen molar-refractivity contribution in [2.75, 3.05) is 0 Å². The van der Waals surface area contributed by atoms with Crippen molar-refractivity contribution in [3.05, 3.63) is 40.2 Å². The highest BCUT2D eigenvalue weighted by atomic mass is 35.5. The fourth-order valence-electron chi connectivity index (χ4n) is 2.59. The number of phenolic OH excluding ortho intramolecular Hbond substituents is 1. The van der Waals surface area contributed by atoms with Gasteiger partial charge in [-0.2, -0.15) is 5.26 Å². The lowest BCUT2D eigenvalue weighted by atomic mass is 10.1. The van der Waals surface area contributed by atoms with E-state index in [0.29, 0.717) is 5.02 Å². The van der Waals surface area contributed by atoms with E-state index in [1.807, 2.05) is 12.1 Å². The Labute approximate surface area is 138 Å². The molecule has 3 aromatic rings. The van der Waals surface area contributed by atoms with Crippen molar-refractivity contribution >= 4 is 33.2 Å². The normalized spacial score (nSPS) is 11.0. The number of thiophene rings is 1. The van der Waals surface area contributed by atoms with Crippen LogP contribution < -0.4 is 0 Å². The molecule has 0 spiro atoms. The SMILES string of the molecule is CCCCn1c(-c2ccc(O)cc2Cl)cc2sc(C#N)cc21. The quantitative estimate of drug-likeness (QED) is 0.696. The van der Waals surface area contributed by atoms with Crippen LogP contribution >= 0.6 is 22.9 Å². The van der Waals surface area contributed by atoms with Gasteiger partial charge in [0.2, 0.25) is 0 Å². The fourth-order valence-corrected chi connectivity index (χ4v) is 3.76. The zero-order chi connectivity index (χ0) is 15.7. The van der Waals surface area contributed by atoms with Crippen LogP contribution in [0.4, 0.5) is 0 Å². The molecule has 0 saturated heterocycles. The maximum Gasteiger partial charge on any atom is 0.117 e. The van der Waals surface area contributed by atoms with E-state index < -0.39 is 0 Å². The molecule has 112 valence electrons. The van der Waals surface area contributed by atoms with Crippen LogP contribution in [0.25, 0.3) is 21.5 Å². The molecule has 3 rings (SSSR count). The van der Waals surface area contributed by atoms with Gasteiger partial charge in [0.25, 0.3) is 0 Å². The Bertz CT molecular complexity index is 873. The molecular formula is C17H15ClN2OS. The number of phenols is 1. The molecule has 0 unspecified atom stereocenters. The van der Waals surface area contributed by atoms with Gasteiger partial charge in [-0.1, -0.05) is 24.9 Å². The summed E-state index contributed by atoms with van der Waals surface area (Å²) in [6, 6.07) is 11.3. The van der Waals surface area contributed by atoms with Crippen LogP contribution in [0.15, 0.2) is 30.3 Å². The molecular weight excluding hydrogens is 316 g/mol. The average molecular weight is 331 g/mol. The topological polar surface area (TPSA) is 49.0 Å². The second-order valence-corrected chi connectivity index (χ2v) is 6.66. The molecule has 2 heterocycles. The Kier molecular flexibility index (Phi) is 4.10. The lowest BCUT2D eigenvalue weighted by Crippen LogP contribution is -1.99. The molecule has 0 fully saturated rings. The Balaban J connectivity index is 2.19. The molecule has 0 radical (unpaired) electrons. The monoisotopic (exact) mass is 330 g/mol. The molecule has 0 saturated carbocycles. The van der Waals surface area contributed by atoms with Crippen molar-refractivity contribution in [2.45, 2.75) is 26.3 Å². The van der Waals surface area contributed by atoms with Gasteiger partial charge in [-0.3, -0.25) is 0 Å². The van der Waals surface area contributed by atoms with Crippen molar-refractivity contribution in [1.82, 2.24) is 4.57 Å². The second-order valence-electron chi connectivity index (χ2n) is 5.17. The first-order valence-electron chi connectivity index (χ1n) is 7.16. The number of halogens is 1. The lowest BCUT2D eigenvalue weighted by Gasteiger charge is -2.11. The number of rotatable bonds is 4. The van der Waals surface area contributed by atoms with Crippen molar-refractivity contribution in [1.29, 1.82) is 5.26 Å². The number of nitriles is 1. The van der Waals surface area contributed by atoms with Gasteiger partial charge in [-0.25, -0.2) is 0 Å². The summed E-state index contributed by atoms with van der Waals surface area (Å²) in [7, 11) is 0. The summed E-state index contributed by atoms with van der Waals surface area (Å²) in [6.07, 6.45) is 2.15. The first-order valence-corrected chi connectivity index (χ1v) is 8.35. The number of unbranched alkanes of at least 4 members (excludes halogenated alkanes) is 1. The summed E-state index contributed by atoms with van der Waals surface area (Å²) < 4.78 is 3.31. The number of benzene rings is 1. The van der Waals surface area contributed by atoms with E-state index in [1.165, 1.54) is 11.3 Å². The van der Waals surface area contributed by atoms with E-state index in [0.717, 1.165) is 45.7 Å². The zero-order valence-corrected chi connectivity index (χ0v) is 13.7. The lowest BCUT2D eigenvalue weighted by molar-refractivity contribution is 0.475. The van der Waals surface area contributed by atoms with Gasteiger partial charge < -0.3 is 9.67 Å². The van der Waals surface area contributed by atoms with Crippen molar-refractivity contribution in [2.24, 2.45) is 0 Å². The minimum Gasteiger partial charge on any atom is -0.508 e. The Hall–Kier alpha value is -1.96. The number of hydrogen-bond donors (Lipinski definition) is 1. The molecule has 2 aromatic heterocycles. The second kappa shape index (κ2) is 6.04. The molecule has 0 bridgehead atoms. The Morgan fingerprint density at radius 2 is 2.14 bits per heavy atom. The summed E-state index contributed by atoms with van der Waals surface area (Å²) in [5.74, 6) is 0.161. The summed E-state index contributed by atoms with van der Waals surface area (Å²) in [5.41, 5.74) is 3.01. The van der Waals surface area contributed by atoms with Crippen LogP contribution in [-0.2, 0) is 6.54 Å². The first-order chi connectivity index (χ1) is 10.6. The number of aryl methyl sites for hydroxylation is 1. The standard InChI is InChI=1S/C17H15ClN2OS/c1-2-3-6-20-15(13-5-4-11(21)7-14(13)18)9-17-16(20)8-12(10-19)22-17/h4-5,7-9,21H,2-3,6H2,1H3. The molecule has 0 amide bonds. The van der Waals surface area contributed by atoms with E-state index in [1.54, 1.807) is 12.1 Å². The minimum atomic E-state index is 0.161. The number of aromatic nitrogens is 1. The van der Waals surface area contributed by atoms with Crippen LogP contribution in [-0.4, -0.2) is 9.67 Å². The molecule has 5 heteroatoms. The summed E-state index contributed by atoms with van der Waals surface area (Å²) in [6.45, 7) is 3.04. The Morgan fingerprint density at radius 3 is 2.82 bits per heavy atom. The predicted octanol–water partition coefficient (Wildman–Crippen LogP) is 5.40. The van der Waals surface area contributed by atoms with Crippen LogP contribution in [0.3, 0.4) is 0 Å². The summed E-state index contributed by atoms with van der Waals surface area (Å²) in [4.78, 5) is 0.721. The largest absolute Gasteiger partial charge is 0.508 e. The maximum absolute atomic E-state index is 9.54. The molecule has 0 atom stereocenters. The van der Waals surface area contributed by atoms with Crippen molar-refractivity contribution in [3.63, 3.8) is 0 Å². The van der Waals surface area contributed by atoms with Crippen LogP contribution in [0.2, 0.25) is 5.02 Å². The van der Waals surface area contributed by atoms with E-state index in [4.69, 9.17) is 16.9 Å². The van der Waals surface area contributed by atoms with Gasteiger partial charge in [0, 0.05) is 12.1 Å². The van der Waals surface area contributed by atoms with Gasteiger partial charge in [0.1, 0.15) is 16.7 Å². The Morgan fingerprint density at radius 1 is 1.32 bits per heavy atom. The number of hydrogen-bond acceptors (Lipinski definition) is 3. The molecule has 22 heavy (non-hydrogen) atoms. The van der Waals surface area contributed by atoms with Gasteiger partial charge in [-0.15, -0.1) is 11.3 Å². The average Bonchev–Trinajstić information content (AvgIpc) is 3.03. The highest BCUT2D eigenvalue weighted by molar-refractivity contribution is 7.19. The third kappa shape index (κ3) is 2.58. The maximum atomic E-state index is 9.54. The van der Waals surface area contributed by atoms with E-state index >= 15 is 0 Å². The number of fused-ring (bicyclic) bond motifs is 1. The van der Waals surface area contributed by atoms with Gasteiger partial charge in [0.15, 0.2) is 0 Å². The van der Waals surface area contributed by atoms with E-state index in [2.05, 4.69) is 23.6 Å². The van der Waals surface area contributed by atoms with Gasteiger partial charge >= 0.3 is 0 Å². The molecule has 1 aromatic carbocycles. The van der Waals surface area contributed by atoms with E-state index in [-0.39, 0.29) is 5.75 Å². The number of nitrogens with zero attached hydrogens (tertiary/aromatic N) is 2. The molecule has 0 aliphatic rings. The third-order valence-corrected chi connectivity index (χ3v) is 4.95. The molecule has 0 aliphatic carbocycles. The first kappa shape index (κ1) is 15.0. The molecule has 3 nitrogen and oxygen atoms in total.